The van der Waals surface area contributed by atoms with Crippen molar-refractivity contribution in [2.24, 2.45) is 4.99 Å². The van der Waals surface area contributed by atoms with Crippen molar-refractivity contribution in [1.82, 2.24) is 0 Å². The number of halogens is 1. The zero-order valence-corrected chi connectivity index (χ0v) is 15.5. The van der Waals surface area contributed by atoms with Crippen LogP contribution in [-0.2, 0) is 0 Å². The van der Waals surface area contributed by atoms with Gasteiger partial charge < -0.3 is 0 Å². The lowest BCUT2D eigenvalue weighted by atomic mass is 10.0. The van der Waals surface area contributed by atoms with Gasteiger partial charge >= 0.3 is 0 Å². The molecule has 3 aromatic rings. The van der Waals surface area contributed by atoms with Crippen molar-refractivity contribution < 1.29 is 0 Å². The number of fused-ring (bicyclic) bond motifs is 1. The highest BCUT2D eigenvalue weighted by molar-refractivity contribution is 7.99. The van der Waals surface area contributed by atoms with Crippen molar-refractivity contribution in [3.63, 3.8) is 0 Å². The van der Waals surface area contributed by atoms with E-state index < -0.39 is 0 Å². The van der Waals surface area contributed by atoms with Crippen LogP contribution in [0.5, 0.6) is 0 Å². The molecule has 4 rings (SSSR count). The Morgan fingerprint density at radius 1 is 0.920 bits per heavy atom. The Morgan fingerprint density at radius 3 is 2.40 bits per heavy atom. The summed E-state index contributed by atoms with van der Waals surface area (Å²) in [6, 6.07) is 25.2. The van der Waals surface area contributed by atoms with Crippen LogP contribution < -0.4 is 0 Å². The highest BCUT2D eigenvalue weighted by Gasteiger charge is 2.22. The van der Waals surface area contributed by atoms with E-state index in [4.69, 9.17) is 16.6 Å². The molecule has 1 unspecified atom stereocenters. The number of nitrogens with zero attached hydrogens (tertiary/aromatic N) is 1. The van der Waals surface area contributed by atoms with Crippen LogP contribution in [0.3, 0.4) is 0 Å². The summed E-state index contributed by atoms with van der Waals surface area (Å²) in [5.41, 5.74) is 5.94. The molecule has 124 valence electrons. The van der Waals surface area contributed by atoms with Crippen molar-refractivity contribution in [2.45, 2.75) is 23.5 Å². The standard InChI is InChI=1S/C22H18ClNS/c1-15-6-8-16(9-7-15)20-14-22(17-10-12-18(23)13-11-17)25-21-5-3-2-4-19(21)24-20/h2-13,22H,14H2,1H3. The second kappa shape index (κ2) is 7.07. The lowest BCUT2D eigenvalue weighted by Crippen LogP contribution is -2.05. The van der Waals surface area contributed by atoms with Crippen molar-refractivity contribution >= 4 is 34.8 Å². The molecule has 1 atom stereocenters. The van der Waals surface area contributed by atoms with Gasteiger partial charge in [-0.15, -0.1) is 11.8 Å². The van der Waals surface area contributed by atoms with Gasteiger partial charge in [-0.1, -0.05) is 65.7 Å². The molecule has 0 saturated heterocycles. The zero-order chi connectivity index (χ0) is 17.2. The van der Waals surface area contributed by atoms with Crippen LogP contribution in [0.25, 0.3) is 0 Å². The highest BCUT2D eigenvalue weighted by atomic mass is 35.5. The maximum Gasteiger partial charge on any atom is 0.0769 e. The molecule has 1 aliphatic rings. The van der Waals surface area contributed by atoms with Gasteiger partial charge in [0.25, 0.3) is 0 Å². The van der Waals surface area contributed by atoms with Crippen LogP contribution in [0.15, 0.2) is 82.7 Å². The largest absolute Gasteiger partial charge is 0.252 e. The van der Waals surface area contributed by atoms with Crippen molar-refractivity contribution in [1.29, 1.82) is 0 Å². The summed E-state index contributed by atoms with van der Waals surface area (Å²) in [5, 5.41) is 1.09. The first-order valence-corrected chi connectivity index (χ1v) is 9.60. The summed E-state index contributed by atoms with van der Waals surface area (Å²) < 4.78 is 0. The first kappa shape index (κ1) is 16.4. The molecule has 1 aliphatic heterocycles. The van der Waals surface area contributed by atoms with Gasteiger partial charge in [0.05, 0.1) is 5.69 Å². The molecule has 0 saturated carbocycles. The minimum Gasteiger partial charge on any atom is -0.252 e. The van der Waals surface area contributed by atoms with Gasteiger partial charge in [0.2, 0.25) is 0 Å². The third kappa shape index (κ3) is 3.65. The average molecular weight is 364 g/mol. The van der Waals surface area contributed by atoms with Gasteiger partial charge in [0.1, 0.15) is 0 Å². The van der Waals surface area contributed by atoms with E-state index in [-0.39, 0.29) is 0 Å². The van der Waals surface area contributed by atoms with E-state index in [0.29, 0.717) is 5.25 Å². The Labute approximate surface area is 157 Å². The number of aryl methyl sites for hydroxylation is 1. The maximum atomic E-state index is 6.07. The average Bonchev–Trinajstić information content (AvgIpc) is 2.82. The quantitative estimate of drug-likeness (QED) is 0.477. The fourth-order valence-corrected chi connectivity index (χ4v) is 4.36. The molecule has 1 nitrogen and oxygen atoms in total. The topological polar surface area (TPSA) is 12.4 Å². The van der Waals surface area contributed by atoms with Crippen LogP contribution in [-0.4, -0.2) is 5.71 Å². The number of aliphatic imine (C=N–C) groups is 1. The lowest BCUT2D eigenvalue weighted by Gasteiger charge is -2.16. The van der Waals surface area contributed by atoms with Gasteiger partial charge in [-0.3, -0.25) is 4.99 Å². The number of hydrogen-bond acceptors (Lipinski definition) is 2. The predicted molar refractivity (Wildman–Crippen MR) is 108 cm³/mol. The third-order valence-corrected chi connectivity index (χ3v) is 5.97. The van der Waals surface area contributed by atoms with Crippen LogP contribution >= 0.6 is 23.4 Å². The van der Waals surface area contributed by atoms with Crippen molar-refractivity contribution in [2.75, 3.05) is 0 Å². The van der Waals surface area contributed by atoms with Crippen LogP contribution in [0.2, 0.25) is 5.02 Å². The third-order valence-electron chi connectivity index (χ3n) is 4.40. The monoisotopic (exact) mass is 363 g/mol. The van der Waals surface area contributed by atoms with E-state index >= 15 is 0 Å². The molecule has 1 heterocycles. The number of rotatable bonds is 2. The summed E-state index contributed by atoms with van der Waals surface area (Å²) in [4.78, 5) is 6.23. The van der Waals surface area contributed by atoms with E-state index in [1.807, 2.05) is 23.9 Å². The fraction of sp³-hybridized carbons (Fsp3) is 0.136. The Balaban J connectivity index is 1.78. The first-order valence-electron chi connectivity index (χ1n) is 8.35. The summed E-state index contributed by atoms with van der Waals surface area (Å²) >= 11 is 7.95. The molecule has 3 heteroatoms. The number of para-hydroxylation sites is 1. The Hall–Kier alpha value is -2.03. The zero-order valence-electron chi connectivity index (χ0n) is 13.9. The molecule has 0 fully saturated rings. The smallest absolute Gasteiger partial charge is 0.0769 e. The minimum atomic E-state index is 0.320. The molecule has 0 bridgehead atoms. The molecular weight excluding hydrogens is 346 g/mol. The second-order valence-corrected chi connectivity index (χ2v) is 7.94. The van der Waals surface area contributed by atoms with Crippen molar-refractivity contribution in [3.05, 3.63) is 94.5 Å². The lowest BCUT2D eigenvalue weighted by molar-refractivity contribution is 1.01. The molecule has 0 amide bonds. The van der Waals surface area contributed by atoms with E-state index in [9.17, 15) is 0 Å². The van der Waals surface area contributed by atoms with Gasteiger partial charge in [-0.25, -0.2) is 0 Å². The Bertz CT molecular complexity index is 914. The summed E-state index contributed by atoms with van der Waals surface area (Å²) in [5.74, 6) is 0. The molecule has 0 aliphatic carbocycles. The van der Waals surface area contributed by atoms with Gasteiger partial charge in [0, 0.05) is 27.3 Å². The van der Waals surface area contributed by atoms with Crippen LogP contribution in [0, 0.1) is 6.92 Å². The molecular formula is C22H18ClNS. The van der Waals surface area contributed by atoms with Crippen molar-refractivity contribution in [3.8, 4) is 0 Å². The number of hydrogen-bond donors (Lipinski definition) is 0. The van der Waals surface area contributed by atoms with E-state index in [2.05, 4.69) is 67.6 Å². The number of thioether (sulfide) groups is 1. The summed E-state index contributed by atoms with van der Waals surface area (Å²) in [6.45, 7) is 2.11. The van der Waals surface area contributed by atoms with Gasteiger partial charge in [-0.2, -0.15) is 0 Å². The second-order valence-electron chi connectivity index (χ2n) is 6.25. The minimum absolute atomic E-state index is 0.320. The molecule has 3 aromatic carbocycles. The summed E-state index contributed by atoms with van der Waals surface area (Å²) in [6.07, 6.45) is 0.893. The molecule has 0 aromatic heterocycles. The maximum absolute atomic E-state index is 6.07. The van der Waals surface area contributed by atoms with Gasteiger partial charge in [-0.05, 0) is 42.3 Å². The first-order chi connectivity index (χ1) is 12.2. The molecule has 0 N–H and O–H groups in total. The van der Waals surface area contributed by atoms with Crippen LogP contribution in [0.1, 0.15) is 28.4 Å². The van der Waals surface area contributed by atoms with E-state index in [1.165, 1.54) is 21.6 Å². The molecule has 0 radical (unpaired) electrons. The summed E-state index contributed by atoms with van der Waals surface area (Å²) in [7, 11) is 0. The van der Waals surface area contributed by atoms with E-state index in [1.54, 1.807) is 0 Å². The number of benzene rings is 3. The highest BCUT2D eigenvalue weighted by Crippen LogP contribution is 2.45. The fourth-order valence-electron chi connectivity index (χ4n) is 3.00. The molecule has 0 spiro atoms. The Kier molecular flexibility index (Phi) is 4.65. The SMILES string of the molecule is Cc1ccc(C2=Nc3ccccc3SC(c3ccc(Cl)cc3)C2)cc1. The normalized spacial score (nSPS) is 16.7. The van der Waals surface area contributed by atoms with E-state index in [0.717, 1.165) is 22.8 Å². The van der Waals surface area contributed by atoms with Gasteiger partial charge in [0.15, 0.2) is 0 Å². The Morgan fingerprint density at radius 2 is 1.64 bits per heavy atom. The predicted octanol–water partition coefficient (Wildman–Crippen LogP) is 7.01. The molecule has 25 heavy (non-hydrogen) atoms. The van der Waals surface area contributed by atoms with Crippen LogP contribution in [0.4, 0.5) is 5.69 Å².